The summed E-state index contributed by atoms with van der Waals surface area (Å²) >= 11 is 0. The molecule has 7 heteroatoms. The minimum atomic E-state index is -3.31. The van der Waals surface area contributed by atoms with Gasteiger partial charge >= 0.3 is 5.97 Å². The van der Waals surface area contributed by atoms with Gasteiger partial charge in [0.1, 0.15) is 0 Å². The second kappa shape index (κ2) is 6.49. The summed E-state index contributed by atoms with van der Waals surface area (Å²) in [6, 6.07) is 0.0369. The quantitative estimate of drug-likeness (QED) is 0.720. The van der Waals surface area contributed by atoms with E-state index in [9.17, 15) is 13.2 Å². The predicted molar refractivity (Wildman–Crippen MR) is 68.9 cm³/mol. The molecule has 1 N–H and O–H groups in total. The molecule has 0 radical (unpaired) electrons. The summed E-state index contributed by atoms with van der Waals surface area (Å²) in [5.74, 6) is -1.01. The van der Waals surface area contributed by atoms with Crippen LogP contribution in [0.2, 0.25) is 0 Å². The second-order valence-corrected chi connectivity index (χ2v) is 7.02. The summed E-state index contributed by atoms with van der Waals surface area (Å²) < 4.78 is 25.8. The Morgan fingerprint density at radius 3 is 2.67 bits per heavy atom. The first-order valence-electron chi connectivity index (χ1n) is 6.19. The first-order chi connectivity index (χ1) is 8.33. The van der Waals surface area contributed by atoms with E-state index in [-0.39, 0.29) is 24.6 Å². The van der Waals surface area contributed by atoms with Crippen molar-refractivity contribution in [1.29, 1.82) is 0 Å². The summed E-state index contributed by atoms with van der Waals surface area (Å²) in [5.41, 5.74) is 0. The van der Waals surface area contributed by atoms with Gasteiger partial charge in [-0.2, -0.15) is 4.31 Å². The molecule has 0 spiro atoms. The fourth-order valence-corrected chi connectivity index (χ4v) is 4.08. The Bertz CT molecular complexity index is 381. The van der Waals surface area contributed by atoms with E-state index in [1.165, 1.54) is 0 Å². The van der Waals surface area contributed by atoms with Crippen molar-refractivity contribution in [2.75, 3.05) is 32.9 Å². The molecule has 1 heterocycles. The van der Waals surface area contributed by atoms with Crippen LogP contribution in [0.5, 0.6) is 0 Å². The van der Waals surface area contributed by atoms with Crippen LogP contribution in [0, 0.1) is 0 Å². The average Bonchev–Trinajstić information content (AvgIpc) is 2.64. The fraction of sp³-hybridized carbons (Fsp3) is 0.909. The Morgan fingerprint density at radius 1 is 1.44 bits per heavy atom. The van der Waals surface area contributed by atoms with Crippen molar-refractivity contribution < 1.29 is 18.3 Å². The van der Waals surface area contributed by atoms with E-state index in [1.807, 2.05) is 19.0 Å². The average molecular weight is 278 g/mol. The van der Waals surface area contributed by atoms with Crippen LogP contribution >= 0.6 is 0 Å². The third-order valence-electron chi connectivity index (χ3n) is 3.05. The lowest BCUT2D eigenvalue weighted by Crippen LogP contribution is -2.42. The molecule has 1 fully saturated rings. The Labute approximate surface area is 109 Å². The maximum atomic E-state index is 12.1. The van der Waals surface area contributed by atoms with Gasteiger partial charge in [-0.15, -0.1) is 0 Å². The number of sulfonamides is 1. The highest BCUT2D eigenvalue weighted by atomic mass is 32.2. The van der Waals surface area contributed by atoms with E-state index >= 15 is 0 Å². The van der Waals surface area contributed by atoms with Crippen LogP contribution in [0.25, 0.3) is 0 Å². The summed E-state index contributed by atoms with van der Waals surface area (Å²) in [6.07, 6.45) is 1.86. The number of carboxylic acids is 1. The highest BCUT2D eigenvalue weighted by molar-refractivity contribution is 7.89. The number of aliphatic carboxylic acids is 1. The van der Waals surface area contributed by atoms with E-state index in [0.29, 0.717) is 6.54 Å². The first-order valence-corrected chi connectivity index (χ1v) is 7.80. The molecule has 6 nitrogen and oxygen atoms in total. The Balaban J connectivity index is 2.57. The minimum Gasteiger partial charge on any atom is -0.481 e. The zero-order valence-electron chi connectivity index (χ0n) is 11.0. The van der Waals surface area contributed by atoms with E-state index in [2.05, 4.69) is 0 Å². The topological polar surface area (TPSA) is 77.9 Å². The van der Waals surface area contributed by atoms with E-state index in [4.69, 9.17) is 5.11 Å². The molecule has 0 aromatic carbocycles. The lowest BCUT2D eigenvalue weighted by atomic mass is 10.2. The van der Waals surface area contributed by atoms with E-state index in [0.717, 1.165) is 19.4 Å². The first kappa shape index (κ1) is 15.4. The molecule has 1 rings (SSSR count). The Kier molecular flexibility index (Phi) is 5.55. The Morgan fingerprint density at radius 2 is 2.11 bits per heavy atom. The van der Waals surface area contributed by atoms with Gasteiger partial charge in [0, 0.05) is 25.6 Å². The second-order valence-electron chi connectivity index (χ2n) is 4.98. The van der Waals surface area contributed by atoms with Crippen LogP contribution in [0.1, 0.15) is 25.7 Å². The highest BCUT2D eigenvalue weighted by Crippen LogP contribution is 2.22. The maximum absolute atomic E-state index is 12.1. The zero-order chi connectivity index (χ0) is 13.8. The Hall–Kier alpha value is -0.660. The van der Waals surface area contributed by atoms with Crippen LogP contribution in [0.15, 0.2) is 0 Å². The largest absolute Gasteiger partial charge is 0.481 e. The predicted octanol–water partition coefficient (Wildman–Crippen LogP) is 0.207. The minimum absolute atomic E-state index is 0.0369. The van der Waals surface area contributed by atoms with Gasteiger partial charge in [-0.3, -0.25) is 4.79 Å². The van der Waals surface area contributed by atoms with Gasteiger partial charge < -0.3 is 10.0 Å². The lowest BCUT2D eigenvalue weighted by molar-refractivity contribution is -0.137. The third-order valence-corrected chi connectivity index (χ3v) is 5.05. The number of rotatable bonds is 7. The van der Waals surface area contributed by atoms with Crippen LogP contribution in [-0.2, 0) is 14.8 Å². The summed E-state index contributed by atoms with van der Waals surface area (Å²) in [5, 5.41) is 8.53. The third kappa shape index (κ3) is 4.55. The molecule has 0 aliphatic carbocycles. The van der Waals surface area contributed by atoms with E-state index < -0.39 is 16.0 Å². The van der Waals surface area contributed by atoms with Crippen LogP contribution in [0.3, 0.4) is 0 Å². The van der Waals surface area contributed by atoms with Crippen molar-refractivity contribution >= 4 is 16.0 Å². The monoisotopic (exact) mass is 278 g/mol. The zero-order valence-corrected chi connectivity index (χ0v) is 11.8. The maximum Gasteiger partial charge on any atom is 0.303 e. The van der Waals surface area contributed by atoms with Crippen molar-refractivity contribution in [2.45, 2.75) is 31.7 Å². The molecule has 0 aromatic heterocycles. The van der Waals surface area contributed by atoms with Crippen molar-refractivity contribution in [3.63, 3.8) is 0 Å². The smallest absolute Gasteiger partial charge is 0.303 e. The fourth-order valence-electron chi connectivity index (χ4n) is 2.30. The van der Waals surface area contributed by atoms with Gasteiger partial charge in [0.05, 0.1) is 5.75 Å². The van der Waals surface area contributed by atoms with Gasteiger partial charge in [0.2, 0.25) is 10.0 Å². The van der Waals surface area contributed by atoms with Gasteiger partial charge in [-0.1, -0.05) is 0 Å². The molecular weight excluding hydrogens is 256 g/mol. The van der Waals surface area contributed by atoms with Crippen molar-refractivity contribution in [2.24, 2.45) is 0 Å². The SMILES string of the molecule is CN(C)CC1CCCN1S(=O)(=O)CCCC(=O)O. The van der Waals surface area contributed by atoms with Gasteiger partial charge in [0.25, 0.3) is 0 Å². The standard InChI is InChI=1S/C11H22N2O4S/c1-12(2)9-10-5-3-7-13(10)18(16,17)8-4-6-11(14)15/h10H,3-9H2,1-2H3,(H,14,15). The number of hydrogen-bond donors (Lipinski definition) is 1. The number of nitrogens with zero attached hydrogens (tertiary/aromatic N) is 2. The lowest BCUT2D eigenvalue weighted by Gasteiger charge is -2.26. The molecule has 106 valence electrons. The molecular formula is C11H22N2O4S. The van der Waals surface area contributed by atoms with Crippen LogP contribution in [0.4, 0.5) is 0 Å². The van der Waals surface area contributed by atoms with Crippen LogP contribution in [-0.4, -0.2) is 67.7 Å². The van der Waals surface area contributed by atoms with Crippen molar-refractivity contribution in [3.05, 3.63) is 0 Å². The molecule has 1 atom stereocenters. The van der Waals surface area contributed by atoms with Gasteiger partial charge in [0.15, 0.2) is 0 Å². The normalized spacial score (nSPS) is 21.6. The molecule has 18 heavy (non-hydrogen) atoms. The summed E-state index contributed by atoms with van der Waals surface area (Å²) in [6.45, 7) is 1.28. The van der Waals surface area contributed by atoms with Gasteiger partial charge in [-0.05, 0) is 33.4 Å². The number of hydrogen-bond acceptors (Lipinski definition) is 4. The van der Waals surface area contributed by atoms with Crippen molar-refractivity contribution in [3.8, 4) is 0 Å². The molecule has 1 aliphatic rings. The molecule has 1 unspecified atom stereocenters. The molecule has 1 saturated heterocycles. The highest BCUT2D eigenvalue weighted by Gasteiger charge is 2.33. The molecule has 1 aliphatic heterocycles. The van der Waals surface area contributed by atoms with Gasteiger partial charge in [-0.25, -0.2) is 8.42 Å². The molecule has 0 saturated carbocycles. The number of likely N-dealkylation sites (N-methyl/N-ethyl adjacent to an activating group) is 1. The number of carboxylic acid groups (broad SMARTS) is 1. The molecule has 0 amide bonds. The number of carbonyl (C=O) groups is 1. The van der Waals surface area contributed by atoms with Crippen molar-refractivity contribution in [1.82, 2.24) is 9.21 Å². The molecule has 0 bridgehead atoms. The summed E-state index contributed by atoms with van der Waals surface area (Å²) in [4.78, 5) is 12.4. The molecule has 0 aromatic rings. The summed E-state index contributed by atoms with van der Waals surface area (Å²) in [7, 11) is 0.541. The van der Waals surface area contributed by atoms with E-state index in [1.54, 1.807) is 4.31 Å². The van der Waals surface area contributed by atoms with Crippen LogP contribution < -0.4 is 0 Å².